The molecule has 2 heterocycles. The monoisotopic (exact) mass is 332 g/mol. The maximum atomic E-state index is 12.8. The molecule has 6 heteroatoms. The van der Waals surface area contributed by atoms with Crippen molar-refractivity contribution in [3.05, 3.63) is 24.0 Å². The molecule has 2 fully saturated rings. The first-order valence-corrected chi connectivity index (χ1v) is 8.40. The van der Waals surface area contributed by atoms with E-state index < -0.39 is 11.0 Å². The maximum Gasteiger partial charge on any atom is 0.314 e. The van der Waals surface area contributed by atoms with Crippen LogP contribution in [-0.4, -0.2) is 45.6 Å². The zero-order chi connectivity index (χ0) is 17.5. The molecule has 1 aromatic heterocycles. The van der Waals surface area contributed by atoms with Gasteiger partial charge in [-0.3, -0.25) is 9.59 Å². The number of rotatable bonds is 2. The molecule has 1 saturated heterocycles. The molecule has 0 radical (unpaired) electrons. The van der Waals surface area contributed by atoms with Crippen LogP contribution in [0.1, 0.15) is 50.5 Å². The topological polar surface area (TPSA) is 79.7 Å². The molecule has 2 aliphatic rings. The summed E-state index contributed by atoms with van der Waals surface area (Å²) >= 11 is 0. The van der Waals surface area contributed by atoms with Crippen molar-refractivity contribution in [3.63, 3.8) is 0 Å². The molecule has 0 spiro atoms. The highest BCUT2D eigenvalue weighted by Gasteiger charge is 2.57. The molecule has 1 aromatic rings. The van der Waals surface area contributed by atoms with Gasteiger partial charge in [-0.15, -0.1) is 0 Å². The van der Waals surface area contributed by atoms with E-state index in [0.717, 1.165) is 19.3 Å². The molecule has 130 valence electrons. The van der Waals surface area contributed by atoms with Crippen molar-refractivity contribution < 1.29 is 19.4 Å². The number of pyridine rings is 1. The molecule has 0 unspecified atom stereocenters. The number of likely N-dealkylation sites (tertiary alicyclic amines) is 1. The van der Waals surface area contributed by atoms with E-state index in [-0.39, 0.29) is 29.2 Å². The van der Waals surface area contributed by atoms with Crippen LogP contribution in [-0.2, 0) is 9.53 Å². The molecule has 1 saturated carbocycles. The van der Waals surface area contributed by atoms with Gasteiger partial charge in [0, 0.05) is 19.3 Å². The Morgan fingerprint density at radius 1 is 1.42 bits per heavy atom. The van der Waals surface area contributed by atoms with Crippen LogP contribution in [0.25, 0.3) is 0 Å². The van der Waals surface area contributed by atoms with Crippen molar-refractivity contribution in [1.82, 2.24) is 9.88 Å². The van der Waals surface area contributed by atoms with Crippen molar-refractivity contribution in [3.8, 4) is 5.75 Å². The highest BCUT2D eigenvalue weighted by molar-refractivity contribution is 5.95. The van der Waals surface area contributed by atoms with Gasteiger partial charge in [-0.2, -0.15) is 0 Å². The Kier molecular flexibility index (Phi) is 4.01. The van der Waals surface area contributed by atoms with Gasteiger partial charge in [0.25, 0.3) is 5.91 Å². The number of hydrogen-bond acceptors (Lipinski definition) is 5. The zero-order valence-corrected chi connectivity index (χ0v) is 14.4. The van der Waals surface area contributed by atoms with Crippen molar-refractivity contribution in [1.29, 1.82) is 0 Å². The third-order valence-electron chi connectivity index (χ3n) is 4.95. The predicted molar refractivity (Wildman–Crippen MR) is 87.4 cm³/mol. The number of nitrogens with zero attached hydrogens (tertiary/aromatic N) is 2. The average molecular weight is 332 g/mol. The van der Waals surface area contributed by atoms with E-state index in [2.05, 4.69) is 4.98 Å². The van der Waals surface area contributed by atoms with Crippen LogP contribution >= 0.6 is 0 Å². The summed E-state index contributed by atoms with van der Waals surface area (Å²) in [6.45, 7) is 6.41. The third-order valence-corrected chi connectivity index (χ3v) is 4.95. The summed E-state index contributed by atoms with van der Waals surface area (Å²) in [4.78, 5) is 31.1. The standard InChI is InChI=1S/C18H24N2O4/c1-17(2,3)24-16(23)18-8-4-6-12(18)10-20(11-18)15(22)14-13(21)7-5-9-19-14/h5,7,9,12,21H,4,6,8,10-11H2,1-3H3/t12-,18+/m0/s1. The number of aromatic nitrogens is 1. The van der Waals surface area contributed by atoms with Gasteiger partial charge in [-0.05, 0) is 51.7 Å². The van der Waals surface area contributed by atoms with Gasteiger partial charge >= 0.3 is 5.97 Å². The average Bonchev–Trinajstić information content (AvgIpc) is 3.03. The second-order valence-corrected chi connectivity index (χ2v) is 7.80. The van der Waals surface area contributed by atoms with E-state index in [9.17, 15) is 14.7 Å². The summed E-state index contributed by atoms with van der Waals surface area (Å²) < 4.78 is 5.64. The number of hydrogen-bond donors (Lipinski definition) is 1. The second kappa shape index (κ2) is 5.76. The molecule has 1 N–H and O–H groups in total. The van der Waals surface area contributed by atoms with Crippen LogP contribution in [0.15, 0.2) is 18.3 Å². The lowest BCUT2D eigenvalue weighted by molar-refractivity contribution is -0.168. The SMILES string of the molecule is CC(C)(C)OC(=O)[C@@]12CCC[C@H]1CN(C(=O)c1ncccc1O)C2. The number of aromatic hydroxyl groups is 1. The molecular weight excluding hydrogens is 308 g/mol. The fraction of sp³-hybridized carbons (Fsp3) is 0.611. The smallest absolute Gasteiger partial charge is 0.314 e. The molecular formula is C18H24N2O4. The van der Waals surface area contributed by atoms with Crippen molar-refractivity contribution >= 4 is 11.9 Å². The zero-order valence-electron chi connectivity index (χ0n) is 14.4. The normalized spacial score (nSPS) is 26.3. The van der Waals surface area contributed by atoms with Crippen LogP contribution in [0.3, 0.4) is 0 Å². The Labute approximate surface area is 141 Å². The first kappa shape index (κ1) is 16.7. The molecule has 2 atom stereocenters. The minimum Gasteiger partial charge on any atom is -0.505 e. The second-order valence-electron chi connectivity index (χ2n) is 7.80. The number of amides is 1. The van der Waals surface area contributed by atoms with Gasteiger partial charge in [0.1, 0.15) is 11.4 Å². The molecule has 3 rings (SSSR count). The summed E-state index contributed by atoms with van der Waals surface area (Å²) in [6.07, 6.45) is 4.11. The van der Waals surface area contributed by atoms with Gasteiger partial charge < -0.3 is 14.7 Å². The molecule has 1 aliphatic heterocycles. The quantitative estimate of drug-likeness (QED) is 0.841. The number of fused-ring (bicyclic) bond motifs is 1. The van der Waals surface area contributed by atoms with Gasteiger partial charge in [-0.25, -0.2) is 4.98 Å². The Morgan fingerprint density at radius 3 is 2.83 bits per heavy atom. The molecule has 0 bridgehead atoms. The van der Waals surface area contributed by atoms with E-state index >= 15 is 0 Å². The molecule has 6 nitrogen and oxygen atoms in total. The fourth-order valence-electron chi connectivity index (χ4n) is 3.87. The third kappa shape index (κ3) is 2.85. The number of esters is 1. The lowest BCUT2D eigenvalue weighted by Crippen LogP contribution is -2.41. The van der Waals surface area contributed by atoms with Gasteiger partial charge in [0.05, 0.1) is 5.41 Å². The van der Waals surface area contributed by atoms with E-state index in [4.69, 9.17) is 4.74 Å². The largest absolute Gasteiger partial charge is 0.505 e. The van der Waals surface area contributed by atoms with Crippen molar-refractivity contribution in [2.75, 3.05) is 13.1 Å². The minimum atomic E-state index is -0.618. The molecule has 0 aromatic carbocycles. The Hall–Kier alpha value is -2.11. The first-order chi connectivity index (χ1) is 11.2. The number of carbonyl (C=O) groups is 2. The van der Waals surface area contributed by atoms with Gasteiger partial charge in [-0.1, -0.05) is 6.42 Å². The van der Waals surface area contributed by atoms with Gasteiger partial charge in [0.15, 0.2) is 5.69 Å². The van der Waals surface area contributed by atoms with Crippen LogP contribution in [0.5, 0.6) is 5.75 Å². The molecule has 24 heavy (non-hydrogen) atoms. The Morgan fingerprint density at radius 2 is 2.17 bits per heavy atom. The summed E-state index contributed by atoms with van der Waals surface area (Å²) in [5.41, 5.74) is -1.12. The van der Waals surface area contributed by atoms with Crippen LogP contribution in [0.2, 0.25) is 0 Å². The lowest BCUT2D eigenvalue weighted by Gasteiger charge is -2.30. The summed E-state index contributed by atoms with van der Waals surface area (Å²) in [5.74, 6) is -0.559. The van der Waals surface area contributed by atoms with Gasteiger partial charge in [0.2, 0.25) is 0 Å². The van der Waals surface area contributed by atoms with E-state index in [1.54, 1.807) is 11.0 Å². The fourth-order valence-corrected chi connectivity index (χ4v) is 3.87. The predicted octanol–water partition coefficient (Wildman–Crippen LogP) is 2.37. The summed E-state index contributed by atoms with van der Waals surface area (Å²) in [6, 6.07) is 3.02. The number of carbonyl (C=O) groups excluding carboxylic acids is 2. The maximum absolute atomic E-state index is 12.8. The lowest BCUT2D eigenvalue weighted by atomic mass is 9.80. The number of ether oxygens (including phenoxy) is 1. The van der Waals surface area contributed by atoms with E-state index in [1.807, 2.05) is 20.8 Å². The highest BCUT2D eigenvalue weighted by Crippen LogP contribution is 2.50. The van der Waals surface area contributed by atoms with Crippen molar-refractivity contribution in [2.24, 2.45) is 11.3 Å². The molecule has 1 amide bonds. The summed E-state index contributed by atoms with van der Waals surface area (Å²) in [5, 5.41) is 9.87. The van der Waals surface area contributed by atoms with E-state index in [1.165, 1.54) is 12.3 Å². The van der Waals surface area contributed by atoms with Crippen LogP contribution in [0.4, 0.5) is 0 Å². The van der Waals surface area contributed by atoms with Crippen LogP contribution < -0.4 is 0 Å². The van der Waals surface area contributed by atoms with E-state index in [0.29, 0.717) is 13.1 Å². The summed E-state index contributed by atoms with van der Waals surface area (Å²) in [7, 11) is 0. The highest BCUT2D eigenvalue weighted by atomic mass is 16.6. The van der Waals surface area contributed by atoms with Crippen LogP contribution in [0, 0.1) is 11.3 Å². The Bertz CT molecular complexity index is 667. The first-order valence-electron chi connectivity index (χ1n) is 8.40. The minimum absolute atomic E-state index is 0.0387. The Balaban J connectivity index is 1.82. The van der Waals surface area contributed by atoms with Crippen molar-refractivity contribution in [2.45, 2.75) is 45.6 Å². The molecule has 1 aliphatic carbocycles.